The van der Waals surface area contributed by atoms with Crippen molar-refractivity contribution in [2.24, 2.45) is 23.2 Å². The van der Waals surface area contributed by atoms with E-state index in [-0.39, 0.29) is 29.7 Å². The van der Waals surface area contributed by atoms with E-state index in [0.29, 0.717) is 11.6 Å². The lowest BCUT2D eigenvalue weighted by Crippen LogP contribution is -2.50. The summed E-state index contributed by atoms with van der Waals surface area (Å²) in [6, 6.07) is 16.9. The predicted octanol–water partition coefficient (Wildman–Crippen LogP) is 8.94. The summed E-state index contributed by atoms with van der Waals surface area (Å²) >= 11 is 1.69. The van der Waals surface area contributed by atoms with E-state index in [1.165, 1.54) is 0 Å². The molecule has 2 amide bonds. The van der Waals surface area contributed by atoms with Gasteiger partial charge < -0.3 is 19.8 Å². The highest BCUT2D eigenvalue weighted by Gasteiger charge is 2.50. The Bertz CT molecular complexity index is 2100. The van der Waals surface area contributed by atoms with Gasteiger partial charge in [0.2, 0.25) is 11.8 Å². The average Bonchev–Trinajstić information content (AvgIpc) is 3.95. The molecule has 0 aliphatic carbocycles. The Morgan fingerprint density at radius 3 is 2.35 bits per heavy atom. The molecule has 3 atom stereocenters. The summed E-state index contributed by atoms with van der Waals surface area (Å²) in [7, 11) is 0. The predicted molar refractivity (Wildman–Crippen MR) is 207 cm³/mol. The monoisotopic (exact) mass is 705 g/mol. The molecular formula is C41H51N7O2S. The second-order valence-corrected chi connectivity index (χ2v) is 16.8. The van der Waals surface area contributed by atoms with Crippen molar-refractivity contribution >= 4 is 45.5 Å². The highest BCUT2D eigenvalue weighted by molar-refractivity contribution is 7.99. The summed E-state index contributed by atoms with van der Waals surface area (Å²) in [6.45, 7) is 16.1. The molecule has 2 saturated heterocycles. The topological polar surface area (TPSA) is 111 Å². The maximum absolute atomic E-state index is 13.9. The number of imidazole rings is 2. The van der Waals surface area contributed by atoms with Gasteiger partial charge in [0.25, 0.3) is 0 Å². The van der Waals surface area contributed by atoms with Crippen molar-refractivity contribution in [2.45, 2.75) is 85.1 Å². The number of hydrogen-bond acceptors (Lipinski definition) is 6. The third-order valence-corrected chi connectivity index (χ3v) is 13.2. The summed E-state index contributed by atoms with van der Waals surface area (Å²) in [5, 5.41) is 2.24. The summed E-state index contributed by atoms with van der Waals surface area (Å²) in [4.78, 5) is 52.5. The Balaban J connectivity index is 1.13. The number of H-pyrrole nitrogens is 2. The molecule has 0 saturated carbocycles. The average molecular weight is 706 g/mol. The van der Waals surface area contributed by atoms with E-state index < -0.39 is 10.3 Å². The molecule has 10 heteroatoms. The van der Waals surface area contributed by atoms with Crippen LogP contribution in [0.15, 0.2) is 54.7 Å². The van der Waals surface area contributed by atoms with Crippen molar-refractivity contribution in [3.8, 4) is 22.5 Å². The van der Waals surface area contributed by atoms with Crippen LogP contribution in [0.5, 0.6) is 0 Å². The molecule has 5 heterocycles. The molecule has 3 unspecified atom stereocenters. The minimum absolute atomic E-state index is 0.00576. The Hall–Kier alpha value is -4.18. The second-order valence-electron chi connectivity index (χ2n) is 15.8. The fourth-order valence-electron chi connectivity index (χ4n) is 7.53. The number of rotatable bonds is 9. The molecule has 2 aromatic carbocycles. The number of hydrogen-bond donors (Lipinski definition) is 2. The normalized spacial score (nSPS) is 20.4. The van der Waals surface area contributed by atoms with Crippen molar-refractivity contribution in [1.82, 2.24) is 34.7 Å². The Kier molecular flexibility index (Phi) is 9.27. The van der Waals surface area contributed by atoms with Gasteiger partial charge in [-0.15, -0.1) is 11.8 Å². The van der Waals surface area contributed by atoms with Gasteiger partial charge in [-0.1, -0.05) is 72.7 Å². The largest absolute Gasteiger partial charge is 0.340 e. The number of aromatic nitrogens is 5. The van der Waals surface area contributed by atoms with Gasteiger partial charge in [-0.3, -0.25) is 9.59 Å². The van der Waals surface area contributed by atoms with Crippen LogP contribution in [-0.4, -0.2) is 65.9 Å². The minimum Gasteiger partial charge on any atom is -0.340 e. The van der Waals surface area contributed by atoms with Crippen LogP contribution in [0, 0.1) is 23.2 Å². The maximum atomic E-state index is 13.9. The zero-order valence-corrected chi connectivity index (χ0v) is 32.0. The minimum atomic E-state index is -0.541. The number of carbonyl (C=O) groups excluding carboxylic acids is 2. The summed E-state index contributed by atoms with van der Waals surface area (Å²) in [5.41, 5.74) is 4.94. The van der Waals surface area contributed by atoms with Crippen LogP contribution in [0.25, 0.3) is 44.5 Å². The van der Waals surface area contributed by atoms with Crippen LogP contribution in [0.3, 0.4) is 0 Å². The highest BCUT2D eigenvalue weighted by atomic mass is 32.2. The van der Waals surface area contributed by atoms with Crippen LogP contribution in [0.2, 0.25) is 0 Å². The third kappa shape index (κ3) is 6.13. The zero-order valence-electron chi connectivity index (χ0n) is 31.2. The van der Waals surface area contributed by atoms with Crippen LogP contribution in [0.1, 0.15) is 91.8 Å². The molecule has 2 fully saturated rings. The lowest BCUT2D eigenvalue weighted by atomic mass is 9.79. The van der Waals surface area contributed by atoms with Gasteiger partial charge in [-0.25, -0.2) is 15.0 Å². The molecular weight excluding hydrogens is 655 g/mol. The van der Waals surface area contributed by atoms with Gasteiger partial charge >= 0.3 is 0 Å². The van der Waals surface area contributed by atoms with Crippen molar-refractivity contribution in [3.63, 3.8) is 0 Å². The quantitative estimate of drug-likeness (QED) is 0.158. The van der Waals surface area contributed by atoms with Gasteiger partial charge in [-0.05, 0) is 78.8 Å². The first-order chi connectivity index (χ1) is 24.3. The lowest BCUT2D eigenvalue weighted by Gasteiger charge is -2.41. The van der Waals surface area contributed by atoms with E-state index >= 15 is 0 Å². The molecule has 3 aromatic heterocycles. The molecule has 268 valence electrons. The maximum Gasteiger partial charge on any atom is 0.229 e. The number of likely N-dealkylation sites (tertiary alicyclic amines) is 2. The van der Waals surface area contributed by atoms with Crippen LogP contribution < -0.4 is 0 Å². The summed E-state index contributed by atoms with van der Waals surface area (Å²) < 4.78 is 0. The Labute approximate surface area is 305 Å². The van der Waals surface area contributed by atoms with Crippen molar-refractivity contribution in [1.29, 1.82) is 0 Å². The third-order valence-electron chi connectivity index (χ3n) is 11.9. The standard InChI is InChI=1S/C41H51N7O2S/c1-24(2)26(5)37(49)47-19-9-11-34(47)36-42-23-33(44-36)30-15-13-27-21-29(14-12-28(27)22-30)31-16-17-32-35(43-31)46-38(45-32)41(51-8)18-10-20-48(41)39(50)40(6,7)25(3)4/h12-17,21-26,34H,9-11,18-20H2,1-8H3,(H,42,44)(H,43,45,46). The number of nitrogens with zero attached hydrogens (tertiary/aromatic N) is 5. The van der Waals surface area contributed by atoms with Crippen LogP contribution >= 0.6 is 11.8 Å². The van der Waals surface area contributed by atoms with Crippen LogP contribution in [0.4, 0.5) is 0 Å². The molecule has 9 nitrogen and oxygen atoms in total. The zero-order chi connectivity index (χ0) is 36.2. The number of nitrogens with one attached hydrogen (secondary N) is 2. The first-order valence-electron chi connectivity index (χ1n) is 18.5. The number of thioether (sulfide) groups is 1. The molecule has 2 N–H and O–H groups in total. The van der Waals surface area contributed by atoms with E-state index in [1.54, 1.807) is 11.8 Å². The van der Waals surface area contributed by atoms with E-state index in [4.69, 9.17) is 15.0 Å². The van der Waals surface area contributed by atoms with Gasteiger partial charge in [0.05, 0.1) is 29.1 Å². The lowest BCUT2D eigenvalue weighted by molar-refractivity contribution is -0.145. The van der Waals surface area contributed by atoms with Crippen molar-refractivity contribution in [3.05, 3.63) is 66.4 Å². The second kappa shape index (κ2) is 13.4. The fourth-order valence-corrected chi connectivity index (χ4v) is 8.57. The number of benzene rings is 2. The first-order valence-corrected chi connectivity index (χ1v) is 19.7. The molecule has 0 spiro atoms. The Morgan fingerprint density at radius 1 is 0.922 bits per heavy atom. The van der Waals surface area contributed by atoms with Crippen LogP contribution in [-0.2, 0) is 14.5 Å². The molecule has 51 heavy (non-hydrogen) atoms. The van der Waals surface area contributed by atoms with Crippen molar-refractivity contribution in [2.75, 3.05) is 19.3 Å². The van der Waals surface area contributed by atoms with E-state index in [2.05, 4.69) is 99.1 Å². The smallest absolute Gasteiger partial charge is 0.229 e. The number of carbonyl (C=O) groups is 2. The number of fused-ring (bicyclic) bond motifs is 2. The summed E-state index contributed by atoms with van der Waals surface area (Å²) in [6.07, 6.45) is 7.68. The fraction of sp³-hybridized carbons (Fsp3) is 0.488. The van der Waals surface area contributed by atoms with E-state index in [1.807, 2.05) is 30.2 Å². The first kappa shape index (κ1) is 35.2. The molecule has 0 radical (unpaired) electrons. The van der Waals surface area contributed by atoms with Gasteiger partial charge in [-0.2, -0.15) is 0 Å². The summed E-state index contributed by atoms with van der Waals surface area (Å²) in [5.74, 6) is 2.58. The SMILES string of the molecule is CSC1(c2nc3nc(-c4ccc5cc(-c6cnc(C7CCCN7C(=O)C(C)C(C)C)[nH]6)ccc5c4)ccc3[nH]2)CCCN1C(=O)C(C)(C)C(C)C. The Morgan fingerprint density at radius 2 is 1.65 bits per heavy atom. The number of aromatic amines is 2. The number of amides is 2. The molecule has 2 aliphatic rings. The molecule has 2 aliphatic heterocycles. The van der Waals surface area contributed by atoms with E-state index in [9.17, 15) is 9.59 Å². The van der Waals surface area contributed by atoms with Gasteiger partial charge in [0.1, 0.15) is 16.5 Å². The molecule has 0 bridgehead atoms. The molecule has 7 rings (SSSR count). The van der Waals surface area contributed by atoms with E-state index in [0.717, 1.165) is 89.2 Å². The van der Waals surface area contributed by atoms with Gasteiger partial charge in [0.15, 0.2) is 5.65 Å². The van der Waals surface area contributed by atoms with Crippen molar-refractivity contribution < 1.29 is 9.59 Å². The van der Waals surface area contributed by atoms with Gasteiger partial charge in [0, 0.05) is 35.5 Å². The molecule has 5 aromatic rings. The number of pyridine rings is 1. The highest BCUT2D eigenvalue weighted by Crippen LogP contribution is 2.48.